The molecule has 0 aliphatic rings. The normalized spacial score (nSPS) is 12.5. The van der Waals surface area contributed by atoms with Crippen LogP contribution in [0.2, 0.25) is 0 Å². The molecule has 0 radical (unpaired) electrons. The second-order valence-corrected chi connectivity index (χ2v) is 3.96. The van der Waals surface area contributed by atoms with Crippen LogP contribution >= 0.6 is 0 Å². The number of hydrogen-bond acceptors (Lipinski definition) is 1. The van der Waals surface area contributed by atoms with Crippen LogP contribution in [0.15, 0.2) is 42.5 Å². The maximum Gasteiger partial charge on any atom is 0.132 e. The van der Waals surface area contributed by atoms with E-state index >= 15 is 0 Å². The van der Waals surface area contributed by atoms with Gasteiger partial charge in [-0.05, 0) is 30.2 Å². The summed E-state index contributed by atoms with van der Waals surface area (Å²) < 4.78 is 27.3. The van der Waals surface area contributed by atoms with Gasteiger partial charge in [0, 0.05) is 0 Å². The van der Waals surface area contributed by atoms with Gasteiger partial charge in [-0.3, -0.25) is 0 Å². The fourth-order valence-corrected chi connectivity index (χ4v) is 1.77. The molecule has 1 unspecified atom stereocenters. The quantitative estimate of drug-likeness (QED) is 0.844. The van der Waals surface area contributed by atoms with Crippen LogP contribution in [0.25, 0.3) is 0 Å². The number of benzene rings is 2. The summed E-state index contributed by atoms with van der Waals surface area (Å²) in [4.78, 5) is 0. The van der Waals surface area contributed by atoms with Crippen LogP contribution in [0.1, 0.15) is 22.8 Å². The Morgan fingerprint density at radius 2 is 1.53 bits per heavy atom. The van der Waals surface area contributed by atoms with Gasteiger partial charge in [0.1, 0.15) is 17.7 Å². The molecule has 88 valence electrons. The van der Waals surface area contributed by atoms with E-state index in [2.05, 4.69) is 0 Å². The summed E-state index contributed by atoms with van der Waals surface area (Å²) >= 11 is 0. The molecule has 0 aliphatic carbocycles. The van der Waals surface area contributed by atoms with Crippen LogP contribution in [0.4, 0.5) is 8.78 Å². The molecule has 0 aliphatic heterocycles. The zero-order chi connectivity index (χ0) is 12.4. The number of aliphatic hydroxyl groups is 1. The fourth-order valence-electron chi connectivity index (χ4n) is 1.77. The summed E-state index contributed by atoms with van der Waals surface area (Å²) in [5.74, 6) is -1.45. The molecule has 1 N–H and O–H groups in total. The van der Waals surface area contributed by atoms with E-state index < -0.39 is 17.7 Å². The topological polar surface area (TPSA) is 20.2 Å². The first-order valence-electron chi connectivity index (χ1n) is 5.28. The minimum absolute atomic E-state index is 0.304. The Kier molecular flexibility index (Phi) is 3.20. The second-order valence-electron chi connectivity index (χ2n) is 3.96. The van der Waals surface area contributed by atoms with Gasteiger partial charge in [-0.15, -0.1) is 0 Å². The summed E-state index contributed by atoms with van der Waals surface area (Å²) in [6.45, 7) is 1.60. The van der Waals surface area contributed by atoms with Crippen LogP contribution in [-0.2, 0) is 0 Å². The van der Waals surface area contributed by atoms with Gasteiger partial charge in [0.15, 0.2) is 0 Å². The van der Waals surface area contributed by atoms with Crippen LogP contribution in [-0.4, -0.2) is 5.11 Å². The average molecular weight is 234 g/mol. The minimum atomic E-state index is -1.28. The molecule has 0 spiro atoms. The molecule has 0 fully saturated rings. The van der Waals surface area contributed by atoms with Crippen molar-refractivity contribution in [2.24, 2.45) is 0 Å². The molecule has 1 nitrogen and oxygen atoms in total. The van der Waals surface area contributed by atoms with Gasteiger partial charge in [0.25, 0.3) is 0 Å². The Bertz CT molecular complexity index is 500. The van der Waals surface area contributed by atoms with E-state index in [-0.39, 0.29) is 5.56 Å². The summed E-state index contributed by atoms with van der Waals surface area (Å²) in [6, 6.07) is 10.9. The highest BCUT2D eigenvalue weighted by atomic mass is 19.1. The molecular formula is C14H12F2O. The molecule has 17 heavy (non-hydrogen) atoms. The van der Waals surface area contributed by atoms with Gasteiger partial charge in [0.2, 0.25) is 0 Å². The summed E-state index contributed by atoms with van der Waals surface area (Å²) in [5.41, 5.74) is 0.653. The van der Waals surface area contributed by atoms with Gasteiger partial charge >= 0.3 is 0 Å². The lowest BCUT2D eigenvalue weighted by Gasteiger charge is -2.13. The third-order valence-corrected chi connectivity index (χ3v) is 2.61. The zero-order valence-corrected chi connectivity index (χ0v) is 9.32. The SMILES string of the molecule is Cc1cc(F)c(C(O)c2ccccc2)c(F)c1. The van der Waals surface area contributed by atoms with E-state index in [1.165, 1.54) is 12.1 Å². The molecule has 0 saturated carbocycles. The van der Waals surface area contributed by atoms with Gasteiger partial charge in [-0.1, -0.05) is 30.3 Å². The van der Waals surface area contributed by atoms with Gasteiger partial charge in [0.05, 0.1) is 5.56 Å². The van der Waals surface area contributed by atoms with Gasteiger partial charge in [-0.25, -0.2) is 8.78 Å². The lowest BCUT2D eigenvalue weighted by Crippen LogP contribution is -2.06. The molecule has 1 atom stereocenters. The molecule has 2 aromatic rings. The van der Waals surface area contributed by atoms with Crippen molar-refractivity contribution < 1.29 is 13.9 Å². The largest absolute Gasteiger partial charge is 0.383 e. The Morgan fingerprint density at radius 1 is 1.00 bits per heavy atom. The Hall–Kier alpha value is -1.74. The van der Waals surface area contributed by atoms with E-state index in [9.17, 15) is 13.9 Å². The van der Waals surface area contributed by atoms with Crippen LogP contribution in [0.5, 0.6) is 0 Å². The molecule has 2 aromatic carbocycles. The fraction of sp³-hybridized carbons (Fsp3) is 0.143. The van der Waals surface area contributed by atoms with Crippen molar-refractivity contribution in [2.45, 2.75) is 13.0 Å². The maximum atomic E-state index is 13.6. The Balaban J connectivity index is 2.48. The molecule has 0 amide bonds. The maximum absolute atomic E-state index is 13.6. The Labute approximate surface area is 98.3 Å². The van der Waals surface area contributed by atoms with Crippen LogP contribution < -0.4 is 0 Å². The molecule has 0 saturated heterocycles. The van der Waals surface area contributed by atoms with Crippen LogP contribution in [0.3, 0.4) is 0 Å². The number of hydrogen-bond donors (Lipinski definition) is 1. The Morgan fingerprint density at radius 3 is 2.06 bits per heavy atom. The van der Waals surface area contributed by atoms with E-state index in [4.69, 9.17) is 0 Å². The predicted molar refractivity (Wildman–Crippen MR) is 61.6 cm³/mol. The summed E-state index contributed by atoms with van der Waals surface area (Å²) in [5, 5.41) is 9.96. The standard InChI is InChI=1S/C14H12F2O/c1-9-7-11(15)13(12(16)8-9)14(17)10-5-3-2-4-6-10/h2-8,14,17H,1H3. The minimum Gasteiger partial charge on any atom is -0.383 e. The van der Waals surface area contributed by atoms with Gasteiger partial charge < -0.3 is 5.11 Å². The van der Waals surface area contributed by atoms with E-state index in [0.717, 1.165) is 0 Å². The van der Waals surface area contributed by atoms with Crippen molar-refractivity contribution in [3.05, 3.63) is 70.8 Å². The second kappa shape index (κ2) is 4.63. The first-order valence-corrected chi connectivity index (χ1v) is 5.28. The van der Waals surface area contributed by atoms with E-state index in [0.29, 0.717) is 11.1 Å². The lowest BCUT2D eigenvalue weighted by atomic mass is 9.99. The highest BCUT2D eigenvalue weighted by Gasteiger charge is 2.19. The third kappa shape index (κ3) is 2.34. The van der Waals surface area contributed by atoms with Crippen molar-refractivity contribution in [2.75, 3.05) is 0 Å². The molecule has 2 rings (SSSR count). The van der Waals surface area contributed by atoms with E-state index in [1.807, 2.05) is 0 Å². The third-order valence-electron chi connectivity index (χ3n) is 2.61. The predicted octanol–water partition coefficient (Wildman–Crippen LogP) is 3.35. The molecule has 0 bridgehead atoms. The average Bonchev–Trinajstić information content (AvgIpc) is 2.28. The monoisotopic (exact) mass is 234 g/mol. The molecule has 0 aromatic heterocycles. The van der Waals surface area contributed by atoms with Crippen molar-refractivity contribution in [3.8, 4) is 0 Å². The van der Waals surface area contributed by atoms with Crippen LogP contribution in [0, 0.1) is 18.6 Å². The zero-order valence-electron chi connectivity index (χ0n) is 9.32. The lowest BCUT2D eigenvalue weighted by molar-refractivity contribution is 0.209. The first-order chi connectivity index (χ1) is 8.09. The number of aryl methyl sites for hydroxylation is 1. The highest BCUT2D eigenvalue weighted by Crippen LogP contribution is 2.27. The number of rotatable bonds is 2. The highest BCUT2D eigenvalue weighted by molar-refractivity contribution is 5.33. The first kappa shape index (κ1) is 11.7. The molecule has 3 heteroatoms. The van der Waals surface area contributed by atoms with Crippen molar-refractivity contribution >= 4 is 0 Å². The number of aliphatic hydroxyl groups excluding tert-OH is 1. The molecule has 0 heterocycles. The van der Waals surface area contributed by atoms with Gasteiger partial charge in [-0.2, -0.15) is 0 Å². The van der Waals surface area contributed by atoms with Crippen molar-refractivity contribution in [1.29, 1.82) is 0 Å². The van der Waals surface area contributed by atoms with E-state index in [1.54, 1.807) is 37.3 Å². The van der Waals surface area contributed by atoms with Crippen molar-refractivity contribution in [1.82, 2.24) is 0 Å². The smallest absolute Gasteiger partial charge is 0.132 e. The summed E-state index contributed by atoms with van der Waals surface area (Å²) in [6.07, 6.45) is -1.28. The van der Waals surface area contributed by atoms with Crippen molar-refractivity contribution in [3.63, 3.8) is 0 Å². The number of halogens is 2. The molecular weight excluding hydrogens is 222 g/mol. The summed E-state index contributed by atoms with van der Waals surface area (Å²) in [7, 11) is 0.